The van der Waals surface area contributed by atoms with Crippen molar-refractivity contribution in [1.82, 2.24) is 9.88 Å². The van der Waals surface area contributed by atoms with Crippen molar-refractivity contribution < 1.29 is 18.6 Å². The van der Waals surface area contributed by atoms with Crippen molar-refractivity contribution in [2.45, 2.75) is 26.4 Å². The van der Waals surface area contributed by atoms with Crippen LogP contribution in [0, 0.1) is 6.92 Å². The highest BCUT2D eigenvalue weighted by atomic mass is 16.5. The van der Waals surface area contributed by atoms with E-state index in [1.54, 1.807) is 21.3 Å². The molecule has 2 aromatic carbocycles. The summed E-state index contributed by atoms with van der Waals surface area (Å²) < 4.78 is 22.1. The first-order valence-corrected chi connectivity index (χ1v) is 9.49. The van der Waals surface area contributed by atoms with Gasteiger partial charge in [-0.25, -0.2) is 4.98 Å². The van der Waals surface area contributed by atoms with Crippen molar-refractivity contribution >= 4 is 0 Å². The van der Waals surface area contributed by atoms with Gasteiger partial charge >= 0.3 is 0 Å². The topological polar surface area (TPSA) is 57.0 Å². The molecule has 0 aliphatic carbocycles. The van der Waals surface area contributed by atoms with Crippen molar-refractivity contribution in [1.29, 1.82) is 0 Å². The second-order valence-corrected chi connectivity index (χ2v) is 6.96. The SMILES string of the molecule is COc1cccc([C@@H](C)N(C)Cc2nc(-c3ccc(OC)cc3OC)oc2C)c1. The standard InChI is InChI=1S/C23H28N2O4/c1-15(17-8-7-9-18(12-17)26-4)25(3)14-21-16(2)29-23(24-21)20-11-10-19(27-5)13-22(20)28-6/h7-13,15H,14H2,1-6H3/t15-/m1/s1. The third-order valence-corrected chi connectivity index (χ3v) is 5.17. The van der Waals surface area contributed by atoms with Gasteiger partial charge in [-0.1, -0.05) is 12.1 Å². The molecule has 0 aliphatic heterocycles. The molecule has 0 spiro atoms. The molecule has 0 radical (unpaired) electrons. The zero-order valence-corrected chi connectivity index (χ0v) is 17.9. The minimum atomic E-state index is 0.195. The summed E-state index contributed by atoms with van der Waals surface area (Å²) in [5.41, 5.74) is 2.88. The first-order chi connectivity index (χ1) is 14.0. The molecule has 0 bridgehead atoms. The molecule has 0 amide bonds. The number of aromatic nitrogens is 1. The van der Waals surface area contributed by atoms with Crippen molar-refractivity contribution in [3.63, 3.8) is 0 Å². The molecule has 0 unspecified atom stereocenters. The molecule has 3 aromatic rings. The molecule has 154 valence electrons. The van der Waals surface area contributed by atoms with Crippen molar-refractivity contribution in [3.05, 3.63) is 59.5 Å². The highest BCUT2D eigenvalue weighted by molar-refractivity contribution is 5.65. The number of ether oxygens (including phenoxy) is 3. The van der Waals surface area contributed by atoms with Crippen LogP contribution in [0.15, 0.2) is 46.9 Å². The van der Waals surface area contributed by atoms with E-state index in [1.165, 1.54) is 5.56 Å². The monoisotopic (exact) mass is 396 g/mol. The van der Waals surface area contributed by atoms with E-state index < -0.39 is 0 Å². The molecule has 1 atom stereocenters. The normalized spacial score (nSPS) is 12.1. The fourth-order valence-electron chi connectivity index (χ4n) is 3.19. The molecular weight excluding hydrogens is 368 g/mol. The number of benzene rings is 2. The number of oxazole rings is 1. The maximum atomic E-state index is 5.96. The minimum absolute atomic E-state index is 0.195. The molecule has 29 heavy (non-hydrogen) atoms. The van der Waals surface area contributed by atoms with E-state index in [0.29, 0.717) is 18.2 Å². The Morgan fingerprint density at radius 2 is 1.72 bits per heavy atom. The van der Waals surface area contributed by atoms with Crippen LogP contribution in [0.1, 0.15) is 30.0 Å². The van der Waals surface area contributed by atoms with Gasteiger partial charge in [0, 0.05) is 18.7 Å². The van der Waals surface area contributed by atoms with E-state index in [4.69, 9.17) is 23.6 Å². The lowest BCUT2D eigenvalue weighted by molar-refractivity contribution is 0.248. The zero-order chi connectivity index (χ0) is 21.0. The Morgan fingerprint density at radius 3 is 2.41 bits per heavy atom. The van der Waals surface area contributed by atoms with Crippen LogP contribution >= 0.6 is 0 Å². The van der Waals surface area contributed by atoms with Crippen molar-refractivity contribution in [3.8, 4) is 28.7 Å². The summed E-state index contributed by atoms with van der Waals surface area (Å²) >= 11 is 0. The van der Waals surface area contributed by atoms with Gasteiger partial charge in [0.1, 0.15) is 23.0 Å². The largest absolute Gasteiger partial charge is 0.497 e. The lowest BCUT2D eigenvalue weighted by Crippen LogP contribution is -2.22. The first kappa shape index (κ1) is 20.7. The van der Waals surface area contributed by atoms with Gasteiger partial charge in [0.25, 0.3) is 0 Å². The smallest absolute Gasteiger partial charge is 0.230 e. The van der Waals surface area contributed by atoms with Gasteiger partial charge in [-0.3, -0.25) is 4.90 Å². The number of methoxy groups -OCH3 is 3. The fraction of sp³-hybridized carbons (Fsp3) is 0.348. The summed E-state index contributed by atoms with van der Waals surface area (Å²) in [6.07, 6.45) is 0. The molecule has 0 N–H and O–H groups in total. The predicted molar refractivity (Wildman–Crippen MR) is 113 cm³/mol. The maximum absolute atomic E-state index is 5.96. The van der Waals surface area contributed by atoms with Crippen LogP contribution in [0.4, 0.5) is 0 Å². The number of nitrogens with zero attached hydrogens (tertiary/aromatic N) is 2. The quantitative estimate of drug-likeness (QED) is 0.541. The number of rotatable bonds is 8. The second kappa shape index (κ2) is 9.01. The van der Waals surface area contributed by atoms with E-state index in [2.05, 4.69) is 31.0 Å². The Balaban J connectivity index is 1.81. The van der Waals surface area contributed by atoms with Gasteiger partial charge in [0.2, 0.25) is 5.89 Å². The number of aryl methyl sites for hydroxylation is 1. The van der Waals surface area contributed by atoms with E-state index in [9.17, 15) is 0 Å². The Morgan fingerprint density at radius 1 is 1.00 bits per heavy atom. The van der Waals surface area contributed by atoms with Gasteiger partial charge in [0.05, 0.1) is 32.6 Å². The average Bonchev–Trinajstić information content (AvgIpc) is 3.12. The van der Waals surface area contributed by atoms with Gasteiger partial charge in [-0.05, 0) is 50.7 Å². The van der Waals surface area contributed by atoms with Gasteiger partial charge in [-0.15, -0.1) is 0 Å². The van der Waals surface area contributed by atoms with Gasteiger partial charge in [0.15, 0.2) is 0 Å². The van der Waals surface area contributed by atoms with Crippen LogP contribution in [-0.2, 0) is 6.54 Å². The van der Waals surface area contributed by atoms with E-state index >= 15 is 0 Å². The Kier molecular flexibility index (Phi) is 6.44. The first-order valence-electron chi connectivity index (χ1n) is 9.49. The molecule has 6 heteroatoms. The van der Waals surface area contributed by atoms with Gasteiger partial charge in [-0.2, -0.15) is 0 Å². The summed E-state index contributed by atoms with van der Waals surface area (Å²) in [5.74, 6) is 3.58. The Bertz CT molecular complexity index is 967. The summed E-state index contributed by atoms with van der Waals surface area (Å²) in [6, 6.07) is 13.9. The second-order valence-electron chi connectivity index (χ2n) is 6.96. The number of hydrogen-bond donors (Lipinski definition) is 0. The van der Waals surface area contributed by atoms with Crippen molar-refractivity contribution in [2.24, 2.45) is 0 Å². The highest BCUT2D eigenvalue weighted by Gasteiger charge is 2.19. The fourth-order valence-corrected chi connectivity index (χ4v) is 3.19. The van der Waals surface area contributed by atoms with E-state index in [-0.39, 0.29) is 6.04 Å². The lowest BCUT2D eigenvalue weighted by atomic mass is 10.1. The molecule has 1 heterocycles. The molecule has 0 aliphatic rings. The van der Waals surface area contributed by atoms with E-state index in [1.807, 2.05) is 37.3 Å². The summed E-state index contributed by atoms with van der Waals surface area (Å²) in [7, 11) is 7.01. The molecule has 0 fully saturated rings. The molecule has 1 aromatic heterocycles. The van der Waals surface area contributed by atoms with Gasteiger partial charge < -0.3 is 18.6 Å². The molecule has 6 nitrogen and oxygen atoms in total. The van der Waals surface area contributed by atoms with E-state index in [0.717, 1.165) is 28.5 Å². The summed E-state index contributed by atoms with van der Waals surface area (Å²) in [6.45, 7) is 4.76. The lowest BCUT2D eigenvalue weighted by Gasteiger charge is -2.24. The third kappa shape index (κ3) is 4.54. The molecule has 0 saturated carbocycles. The number of hydrogen-bond acceptors (Lipinski definition) is 6. The minimum Gasteiger partial charge on any atom is -0.497 e. The van der Waals surface area contributed by atoms with Crippen LogP contribution in [0.3, 0.4) is 0 Å². The molecule has 0 saturated heterocycles. The van der Waals surface area contributed by atoms with Crippen LogP contribution in [-0.4, -0.2) is 38.3 Å². The highest BCUT2D eigenvalue weighted by Crippen LogP contribution is 2.34. The Labute approximate surface area is 172 Å². The van der Waals surface area contributed by atoms with Crippen LogP contribution in [0.25, 0.3) is 11.5 Å². The predicted octanol–water partition coefficient (Wildman–Crippen LogP) is 4.87. The summed E-state index contributed by atoms with van der Waals surface area (Å²) in [5, 5.41) is 0. The Hall–Kier alpha value is -2.99. The van der Waals surface area contributed by atoms with Crippen LogP contribution in [0.5, 0.6) is 17.2 Å². The maximum Gasteiger partial charge on any atom is 0.230 e. The van der Waals surface area contributed by atoms with Crippen molar-refractivity contribution in [2.75, 3.05) is 28.4 Å². The van der Waals surface area contributed by atoms with Crippen LogP contribution < -0.4 is 14.2 Å². The third-order valence-electron chi connectivity index (χ3n) is 5.17. The average molecular weight is 396 g/mol. The summed E-state index contributed by atoms with van der Waals surface area (Å²) in [4.78, 5) is 6.97. The molecule has 3 rings (SSSR count). The zero-order valence-electron chi connectivity index (χ0n) is 17.9. The molecular formula is C23H28N2O4. The van der Waals surface area contributed by atoms with Crippen LogP contribution in [0.2, 0.25) is 0 Å².